The molecule has 2 nitrogen and oxygen atoms in total. The third kappa shape index (κ3) is 2.42. The lowest BCUT2D eigenvalue weighted by Gasteiger charge is -2.13. The van der Waals surface area contributed by atoms with Gasteiger partial charge in [0.1, 0.15) is 0 Å². The molecule has 0 saturated carbocycles. The van der Waals surface area contributed by atoms with Crippen LogP contribution in [0.25, 0.3) is 0 Å². The maximum absolute atomic E-state index is 12.6. The van der Waals surface area contributed by atoms with Crippen LogP contribution in [-0.2, 0) is 6.18 Å². The Balaban J connectivity index is 3.51. The second-order valence-electron chi connectivity index (χ2n) is 2.95. The number of hydrogen-bond donors (Lipinski definition) is 1. The number of hydrogen-bond acceptors (Lipinski definition) is 2. The van der Waals surface area contributed by atoms with Crippen molar-refractivity contribution in [1.82, 2.24) is 0 Å². The van der Waals surface area contributed by atoms with E-state index in [0.29, 0.717) is 0 Å². The lowest BCUT2D eigenvalue weighted by molar-refractivity contribution is -0.137. The maximum atomic E-state index is 12.6. The van der Waals surface area contributed by atoms with Gasteiger partial charge < -0.3 is 5.73 Å². The van der Waals surface area contributed by atoms with Crippen molar-refractivity contribution < 1.29 is 18.0 Å². The smallest absolute Gasteiger partial charge is 0.398 e. The highest BCUT2D eigenvalue weighted by Crippen LogP contribution is 2.38. The van der Waals surface area contributed by atoms with Gasteiger partial charge in [0, 0.05) is 14.8 Å². The van der Waals surface area contributed by atoms with Crippen LogP contribution < -0.4 is 5.73 Å². The molecule has 0 unspecified atom stereocenters. The number of alkyl halides is 3. The quantitative estimate of drug-likeness (QED) is 0.489. The van der Waals surface area contributed by atoms with Crippen LogP contribution in [0.4, 0.5) is 18.9 Å². The second-order valence-corrected chi connectivity index (χ2v) is 4.02. The van der Waals surface area contributed by atoms with E-state index in [1.54, 1.807) is 0 Å². The van der Waals surface area contributed by atoms with Gasteiger partial charge in [0.25, 0.3) is 0 Å². The number of carbonyl (C=O) groups excluding carboxylic acids is 1. The first-order valence-corrected chi connectivity index (χ1v) is 4.99. The van der Waals surface area contributed by atoms with Crippen molar-refractivity contribution in [3.05, 3.63) is 26.8 Å². The SMILES string of the molecule is CC(=O)c1ccc(N)c(C(F)(F)F)c1I. The summed E-state index contributed by atoms with van der Waals surface area (Å²) in [6, 6.07) is 2.40. The Hall–Kier alpha value is -0.790. The van der Waals surface area contributed by atoms with Crippen LogP contribution in [0, 0.1) is 3.57 Å². The molecule has 0 amide bonds. The Morgan fingerprint density at radius 3 is 2.33 bits per heavy atom. The highest BCUT2D eigenvalue weighted by molar-refractivity contribution is 14.1. The standard InChI is InChI=1S/C9H7F3INO/c1-4(15)5-2-3-6(14)7(8(5)13)9(10,11)12/h2-3H,14H2,1H3. The number of nitrogen functional groups attached to an aromatic ring is 1. The molecule has 0 aliphatic carbocycles. The molecule has 1 rings (SSSR count). The van der Waals surface area contributed by atoms with E-state index in [1.165, 1.54) is 35.6 Å². The molecular weight excluding hydrogens is 322 g/mol. The van der Waals surface area contributed by atoms with Gasteiger partial charge in [-0.2, -0.15) is 13.2 Å². The number of ketones is 1. The third-order valence-corrected chi connectivity index (χ3v) is 2.96. The molecule has 2 N–H and O–H groups in total. The molecule has 0 radical (unpaired) electrons. The van der Waals surface area contributed by atoms with E-state index in [2.05, 4.69) is 0 Å². The lowest BCUT2D eigenvalue weighted by atomic mass is 10.1. The van der Waals surface area contributed by atoms with Crippen molar-refractivity contribution in [2.45, 2.75) is 13.1 Å². The first-order valence-electron chi connectivity index (χ1n) is 3.91. The molecule has 6 heteroatoms. The van der Waals surface area contributed by atoms with E-state index >= 15 is 0 Å². The van der Waals surface area contributed by atoms with Crippen molar-refractivity contribution in [1.29, 1.82) is 0 Å². The van der Waals surface area contributed by atoms with E-state index < -0.39 is 17.5 Å². The zero-order valence-electron chi connectivity index (χ0n) is 7.65. The Morgan fingerprint density at radius 2 is 1.93 bits per heavy atom. The first-order chi connectivity index (χ1) is 6.75. The minimum absolute atomic E-state index is 0.0390. The van der Waals surface area contributed by atoms with Crippen LogP contribution in [0.5, 0.6) is 0 Å². The van der Waals surface area contributed by atoms with Crippen molar-refractivity contribution in [2.24, 2.45) is 0 Å². The van der Waals surface area contributed by atoms with Crippen molar-refractivity contribution >= 4 is 34.1 Å². The number of carbonyl (C=O) groups is 1. The zero-order chi connectivity index (χ0) is 11.8. The van der Waals surface area contributed by atoms with Crippen LogP contribution >= 0.6 is 22.6 Å². The Kier molecular flexibility index (Phi) is 3.27. The molecular formula is C9H7F3INO. The summed E-state index contributed by atoms with van der Waals surface area (Å²) in [5.41, 5.74) is 3.98. The molecule has 15 heavy (non-hydrogen) atoms. The number of halogens is 4. The van der Waals surface area contributed by atoms with Gasteiger partial charge in [-0.25, -0.2) is 0 Å². The topological polar surface area (TPSA) is 43.1 Å². The normalized spacial score (nSPS) is 11.5. The highest BCUT2D eigenvalue weighted by Gasteiger charge is 2.36. The third-order valence-electron chi connectivity index (χ3n) is 1.84. The number of Topliss-reactive ketones (excluding diaryl/α,β-unsaturated/α-hetero) is 1. The predicted molar refractivity (Wildman–Crippen MR) is 58.6 cm³/mol. The number of benzene rings is 1. The summed E-state index contributed by atoms with van der Waals surface area (Å²) in [5.74, 6) is -0.412. The summed E-state index contributed by atoms with van der Waals surface area (Å²) in [4.78, 5) is 11.0. The van der Waals surface area contributed by atoms with Crippen LogP contribution in [-0.4, -0.2) is 5.78 Å². The number of nitrogens with two attached hydrogens (primary N) is 1. The molecule has 0 heterocycles. The number of anilines is 1. The Morgan fingerprint density at radius 1 is 1.40 bits per heavy atom. The maximum Gasteiger partial charge on any atom is 0.419 e. The molecule has 1 aromatic rings. The summed E-state index contributed by atoms with van der Waals surface area (Å²) in [5, 5.41) is 0. The fourth-order valence-electron chi connectivity index (χ4n) is 1.15. The zero-order valence-corrected chi connectivity index (χ0v) is 9.81. The molecule has 1 aromatic carbocycles. The molecule has 0 aromatic heterocycles. The van der Waals surface area contributed by atoms with Gasteiger partial charge >= 0.3 is 6.18 Å². The first kappa shape index (κ1) is 12.3. The van der Waals surface area contributed by atoms with Crippen LogP contribution in [0.15, 0.2) is 12.1 Å². The summed E-state index contributed by atoms with van der Waals surface area (Å²) in [6.07, 6.45) is -4.54. The van der Waals surface area contributed by atoms with Gasteiger partial charge in [-0.15, -0.1) is 0 Å². The van der Waals surface area contributed by atoms with Gasteiger partial charge in [-0.1, -0.05) is 0 Å². The van der Waals surface area contributed by atoms with Gasteiger partial charge in [0.05, 0.1) is 5.56 Å². The van der Waals surface area contributed by atoms with E-state index in [1.807, 2.05) is 0 Å². The van der Waals surface area contributed by atoms with E-state index in [-0.39, 0.29) is 14.8 Å². The summed E-state index contributed by atoms with van der Waals surface area (Å²) in [7, 11) is 0. The summed E-state index contributed by atoms with van der Waals surface area (Å²) in [6.45, 7) is 1.22. The number of rotatable bonds is 1. The fraction of sp³-hybridized carbons (Fsp3) is 0.222. The van der Waals surface area contributed by atoms with Gasteiger partial charge in [-0.05, 0) is 41.6 Å². The van der Waals surface area contributed by atoms with Gasteiger partial charge in [-0.3, -0.25) is 4.79 Å². The molecule has 0 aliphatic heterocycles. The van der Waals surface area contributed by atoms with E-state index in [0.717, 1.165) is 6.07 Å². The average Bonchev–Trinajstić information content (AvgIpc) is 2.00. The summed E-state index contributed by atoms with van der Waals surface area (Å²) < 4.78 is 37.5. The summed E-state index contributed by atoms with van der Waals surface area (Å²) >= 11 is 1.49. The van der Waals surface area contributed by atoms with E-state index in [9.17, 15) is 18.0 Å². The van der Waals surface area contributed by atoms with Crippen LogP contribution in [0.2, 0.25) is 0 Å². The van der Waals surface area contributed by atoms with Crippen molar-refractivity contribution in [3.63, 3.8) is 0 Å². The molecule has 0 bridgehead atoms. The van der Waals surface area contributed by atoms with Crippen LogP contribution in [0.1, 0.15) is 22.8 Å². The Labute approximate surface area is 97.8 Å². The van der Waals surface area contributed by atoms with E-state index in [4.69, 9.17) is 5.73 Å². The van der Waals surface area contributed by atoms with Crippen molar-refractivity contribution in [2.75, 3.05) is 5.73 Å². The Bertz CT molecular complexity index is 415. The molecule has 0 atom stereocenters. The monoisotopic (exact) mass is 329 g/mol. The highest BCUT2D eigenvalue weighted by atomic mass is 127. The second kappa shape index (κ2) is 3.99. The average molecular weight is 329 g/mol. The van der Waals surface area contributed by atoms with Crippen LogP contribution in [0.3, 0.4) is 0 Å². The van der Waals surface area contributed by atoms with Gasteiger partial charge in [0.15, 0.2) is 5.78 Å². The molecule has 0 saturated heterocycles. The van der Waals surface area contributed by atoms with Crippen molar-refractivity contribution in [3.8, 4) is 0 Å². The minimum atomic E-state index is -4.54. The molecule has 0 aliphatic rings. The largest absolute Gasteiger partial charge is 0.419 e. The lowest BCUT2D eigenvalue weighted by Crippen LogP contribution is -2.14. The molecule has 0 fully saturated rings. The van der Waals surface area contributed by atoms with Gasteiger partial charge in [0.2, 0.25) is 0 Å². The molecule has 82 valence electrons. The fourth-order valence-corrected chi connectivity index (χ4v) is 2.33. The predicted octanol–water partition coefficient (Wildman–Crippen LogP) is 3.09. The minimum Gasteiger partial charge on any atom is -0.398 e. The molecule has 0 spiro atoms.